The molecule has 0 saturated carbocycles. The molecule has 0 N–H and O–H groups in total. The second-order valence-electron chi connectivity index (χ2n) is 5.43. The van der Waals surface area contributed by atoms with Crippen LogP contribution in [0.25, 0.3) is 10.9 Å². The number of halogens is 1. The third-order valence-electron chi connectivity index (χ3n) is 3.89. The molecule has 0 spiro atoms. The normalized spacial score (nSPS) is 11.9. The van der Waals surface area contributed by atoms with Gasteiger partial charge in [0.05, 0.1) is 10.4 Å². The highest BCUT2D eigenvalue weighted by Gasteiger charge is 2.20. The number of aryl methyl sites for hydroxylation is 1. The van der Waals surface area contributed by atoms with E-state index in [1.807, 2.05) is 30.3 Å². The van der Waals surface area contributed by atoms with Gasteiger partial charge in [0.25, 0.3) is 10.0 Å². The number of para-hydroxylation sites is 1. The number of fused-ring (bicyclic) bond motifs is 1. The molecule has 3 nitrogen and oxygen atoms in total. The minimum Gasteiger partial charge on any atom is -0.241 e. The van der Waals surface area contributed by atoms with Gasteiger partial charge in [-0.25, -0.2) is 12.4 Å². The highest BCUT2D eigenvalue weighted by Crippen LogP contribution is 2.27. The number of hydrogen-bond donors (Lipinski definition) is 0. The topological polar surface area (TPSA) is 39.1 Å². The largest absolute Gasteiger partial charge is 0.268 e. The molecule has 3 aromatic rings. The van der Waals surface area contributed by atoms with Crippen molar-refractivity contribution >= 4 is 32.5 Å². The van der Waals surface area contributed by atoms with E-state index in [0.717, 1.165) is 35.7 Å². The summed E-state index contributed by atoms with van der Waals surface area (Å²) in [7, 11) is -3.58. The quantitative estimate of drug-likeness (QED) is 0.488. The van der Waals surface area contributed by atoms with Crippen LogP contribution < -0.4 is 0 Å². The average Bonchev–Trinajstić information content (AvgIpc) is 2.96. The third-order valence-corrected chi connectivity index (χ3v) is 5.85. The summed E-state index contributed by atoms with van der Waals surface area (Å²) in [6.45, 7) is 0. The van der Waals surface area contributed by atoms with E-state index in [-0.39, 0.29) is 0 Å². The van der Waals surface area contributed by atoms with Crippen LogP contribution in [0.3, 0.4) is 0 Å². The minimum atomic E-state index is -3.58. The number of alkyl halides is 1. The van der Waals surface area contributed by atoms with Crippen LogP contribution in [0.2, 0.25) is 0 Å². The third kappa shape index (κ3) is 3.14. The summed E-state index contributed by atoms with van der Waals surface area (Å²) in [5.74, 6) is 0.626. The Morgan fingerprint density at radius 3 is 2.35 bits per heavy atom. The van der Waals surface area contributed by atoms with Crippen molar-refractivity contribution in [3.05, 3.63) is 66.4 Å². The van der Waals surface area contributed by atoms with E-state index in [1.54, 1.807) is 30.5 Å². The Bertz CT molecular complexity index is 901. The maximum atomic E-state index is 12.9. The number of hydrogen-bond acceptors (Lipinski definition) is 2. The Morgan fingerprint density at radius 1 is 0.913 bits per heavy atom. The summed E-state index contributed by atoms with van der Waals surface area (Å²) in [4.78, 5) is 0.299. The number of unbranched alkanes of at least 4 members (excludes halogenated alkanes) is 1. The maximum Gasteiger partial charge on any atom is 0.268 e. The first-order valence-electron chi connectivity index (χ1n) is 7.60. The van der Waals surface area contributed by atoms with E-state index in [4.69, 9.17) is 11.6 Å². The van der Waals surface area contributed by atoms with E-state index in [0.29, 0.717) is 10.8 Å². The van der Waals surface area contributed by atoms with Gasteiger partial charge in [-0.15, -0.1) is 11.6 Å². The number of nitrogens with zero attached hydrogens (tertiary/aromatic N) is 1. The molecule has 0 unspecified atom stereocenters. The van der Waals surface area contributed by atoms with Crippen LogP contribution in [-0.2, 0) is 16.4 Å². The Kier molecular flexibility index (Phi) is 4.74. The van der Waals surface area contributed by atoms with Crippen LogP contribution in [-0.4, -0.2) is 18.3 Å². The molecule has 1 heterocycles. The Labute approximate surface area is 141 Å². The molecule has 23 heavy (non-hydrogen) atoms. The van der Waals surface area contributed by atoms with Crippen LogP contribution in [0, 0.1) is 0 Å². The Morgan fingerprint density at radius 2 is 1.61 bits per heavy atom. The van der Waals surface area contributed by atoms with Crippen LogP contribution in [0.1, 0.15) is 18.4 Å². The number of benzene rings is 2. The van der Waals surface area contributed by atoms with Crippen molar-refractivity contribution < 1.29 is 8.42 Å². The molecule has 0 saturated heterocycles. The fourth-order valence-electron chi connectivity index (χ4n) is 2.73. The monoisotopic (exact) mass is 347 g/mol. The SMILES string of the molecule is O=S(=O)(c1ccccc1)n1cc(CCCCCl)c2ccccc21. The first-order valence-corrected chi connectivity index (χ1v) is 9.57. The molecule has 120 valence electrons. The van der Waals surface area contributed by atoms with Gasteiger partial charge in [-0.1, -0.05) is 36.4 Å². The minimum absolute atomic E-state index is 0.299. The van der Waals surface area contributed by atoms with E-state index in [1.165, 1.54) is 3.97 Å². The summed E-state index contributed by atoms with van der Waals surface area (Å²) >= 11 is 5.74. The van der Waals surface area contributed by atoms with Gasteiger partial charge in [-0.3, -0.25) is 0 Å². The predicted octanol–water partition coefficient (Wildman–Crippen LogP) is 4.44. The zero-order valence-electron chi connectivity index (χ0n) is 12.7. The molecule has 2 aromatic carbocycles. The number of rotatable bonds is 6. The van der Waals surface area contributed by atoms with Gasteiger partial charge in [0, 0.05) is 17.5 Å². The van der Waals surface area contributed by atoms with Gasteiger partial charge in [0.1, 0.15) is 0 Å². The lowest BCUT2D eigenvalue weighted by atomic mass is 10.1. The van der Waals surface area contributed by atoms with E-state index < -0.39 is 10.0 Å². The summed E-state index contributed by atoms with van der Waals surface area (Å²) < 4.78 is 27.3. The lowest BCUT2D eigenvalue weighted by Gasteiger charge is -2.07. The fraction of sp³-hybridized carbons (Fsp3) is 0.222. The maximum absolute atomic E-state index is 12.9. The molecule has 0 radical (unpaired) electrons. The van der Waals surface area contributed by atoms with Gasteiger partial charge in [-0.05, 0) is 43.0 Å². The highest BCUT2D eigenvalue weighted by atomic mass is 35.5. The highest BCUT2D eigenvalue weighted by molar-refractivity contribution is 7.90. The van der Waals surface area contributed by atoms with Gasteiger partial charge in [0.2, 0.25) is 0 Å². The molecule has 0 aliphatic carbocycles. The summed E-state index contributed by atoms with van der Waals surface area (Å²) in [6, 6.07) is 16.1. The van der Waals surface area contributed by atoms with E-state index in [2.05, 4.69) is 0 Å². The van der Waals surface area contributed by atoms with Crippen LogP contribution in [0.4, 0.5) is 0 Å². The van der Waals surface area contributed by atoms with Crippen molar-refractivity contribution in [1.29, 1.82) is 0 Å². The molecule has 0 fully saturated rings. The Hall–Kier alpha value is -1.78. The lowest BCUT2D eigenvalue weighted by molar-refractivity contribution is 0.589. The first-order chi connectivity index (χ1) is 11.1. The first kappa shape index (κ1) is 16.1. The van der Waals surface area contributed by atoms with Crippen LogP contribution >= 0.6 is 11.6 Å². The molecule has 1 aromatic heterocycles. The van der Waals surface area contributed by atoms with E-state index >= 15 is 0 Å². The van der Waals surface area contributed by atoms with Gasteiger partial charge in [0.15, 0.2) is 0 Å². The predicted molar refractivity (Wildman–Crippen MR) is 94.6 cm³/mol. The molecular weight excluding hydrogens is 330 g/mol. The molecule has 0 aliphatic rings. The molecule has 0 amide bonds. The molecule has 5 heteroatoms. The summed E-state index contributed by atoms with van der Waals surface area (Å²) in [5, 5.41) is 0.988. The molecule has 0 atom stereocenters. The lowest BCUT2D eigenvalue weighted by Crippen LogP contribution is -2.11. The van der Waals surface area contributed by atoms with Crippen molar-refractivity contribution in [2.24, 2.45) is 0 Å². The average molecular weight is 348 g/mol. The van der Waals surface area contributed by atoms with Crippen LogP contribution in [0.15, 0.2) is 65.7 Å². The van der Waals surface area contributed by atoms with Gasteiger partial charge in [-0.2, -0.15) is 0 Å². The van der Waals surface area contributed by atoms with Gasteiger partial charge >= 0.3 is 0 Å². The second kappa shape index (κ2) is 6.77. The Balaban J connectivity index is 2.11. The van der Waals surface area contributed by atoms with Crippen molar-refractivity contribution in [3.63, 3.8) is 0 Å². The van der Waals surface area contributed by atoms with E-state index in [9.17, 15) is 8.42 Å². The summed E-state index contributed by atoms with van der Waals surface area (Å²) in [6.07, 6.45) is 4.45. The second-order valence-corrected chi connectivity index (χ2v) is 7.62. The van der Waals surface area contributed by atoms with Crippen molar-refractivity contribution in [2.45, 2.75) is 24.2 Å². The molecule has 3 rings (SSSR count). The molecule has 0 bridgehead atoms. The summed E-state index contributed by atoms with van der Waals surface area (Å²) in [5.41, 5.74) is 1.77. The van der Waals surface area contributed by atoms with Crippen LogP contribution in [0.5, 0.6) is 0 Å². The molecule has 0 aliphatic heterocycles. The fourth-order valence-corrected chi connectivity index (χ4v) is 4.33. The standard InChI is InChI=1S/C18H18ClNO2S/c19-13-7-6-8-15-14-20(18-12-5-4-11-17(15)18)23(21,22)16-9-2-1-3-10-16/h1-5,9-12,14H,6-8,13H2. The smallest absolute Gasteiger partial charge is 0.241 e. The molecular formula is C18H18ClNO2S. The zero-order valence-corrected chi connectivity index (χ0v) is 14.2. The van der Waals surface area contributed by atoms with Gasteiger partial charge < -0.3 is 0 Å². The zero-order chi connectivity index (χ0) is 16.3. The van der Waals surface area contributed by atoms with Crippen molar-refractivity contribution in [3.8, 4) is 0 Å². The number of aromatic nitrogens is 1. The van der Waals surface area contributed by atoms with Crippen molar-refractivity contribution in [2.75, 3.05) is 5.88 Å². The van der Waals surface area contributed by atoms with Crippen molar-refractivity contribution in [1.82, 2.24) is 3.97 Å².